The number of hydrogen-bond donors (Lipinski definition) is 3. The van der Waals surface area contributed by atoms with Crippen LogP contribution < -0.4 is 20.1 Å². The lowest BCUT2D eigenvalue weighted by atomic mass is 9.76. The first kappa shape index (κ1) is 59.8. The molecule has 0 unspecified atom stereocenters. The molecule has 0 atom stereocenters. The molecule has 0 bridgehead atoms. The van der Waals surface area contributed by atoms with Crippen LogP contribution in [0.1, 0.15) is 89.8 Å². The number of rotatable bonds is 22. The van der Waals surface area contributed by atoms with Crippen LogP contribution in [0.5, 0.6) is 11.5 Å². The normalized spacial score (nSPS) is 14.3. The van der Waals surface area contributed by atoms with Crippen LogP contribution in [0.4, 0.5) is 17.6 Å². The molecule has 13 rings (SSSR count). The summed E-state index contributed by atoms with van der Waals surface area (Å²) in [6.07, 6.45) is 12.0. The van der Waals surface area contributed by atoms with Gasteiger partial charge < -0.3 is 39.5 Å². The Balaban J connectivity index is 0.000000190. The van der Waals surface area contributed by atoms with Crippen molar-refractivity contribution in [2.24, 2.45) is 0 Å². The minimum atomic E-state index is -2.98. The minimum absolute atomic E-state index is 0.0166. The van der Waals surface area contributed by atoms with Gasteiger partial charge in [0.25, 0.3) is 11.8 Å². The van der Waals surface area contributed by atoms with Gasteiger partial charge in [0.2, 0.25) is 0 Å². The first-order valence-corrected chi connectivity index (χ1v) is 29.6. The highest BCUT2D eigenvalue weighted by molar-refractivity contribution is 6.07. The van der Waals surface area contributed by atoms with Crippen molar-refractivity contribution < 1.29 is 36.6 Å². The molecule has 2 fully saturated rings. The van der Waals surface area contributed by atoms with Gasteiger partial charge in [-0.3, -0.25) is 19.0 Å². The predicted octanol–water partition coefficient (Wildman–Crippen LogP) is 11.9. The fraction of sp³-hybridized carbons (Fsp3) is 0.313. The number of aromatic nitrogens is 10. The number of aryl methyl sites for hydroxylation is 2. The highest BCUT2D eigenvalue weighted by Crippen LogP contribution is 2.45. The standard InChI is InChI=1S/C43H41F2N7O2.C24H27F2N7O2/c1-42(22-23-42)48-40(53)34-28-51(43(29-14-7-4-8-15-29,30-16-9-5-10-17-30)31-18-11-6-12-19-31)39-38(34)47-35(27-46-39)37-33-26-32(54-41(44)45)20-21-36(33)52(49-37)25-13-24-50(2)3;1-24(7-8-24)30-22(34)16-12-27-21-20(16)29-17(13-28-21)19-15-11-14(35-23(25)26)5-6-18(15)33(31-19)10-4-9-32(2)3/h4-12,14-21,26-28,41H,13,22-25H2,1-3H3,(H,48,53);5-6,11-13,23H,4,7-10H2,1-3H3,(H,27,28)(H,30,34). The summed E-state index contributed by atoms with van der Waals surface area (Å²) in [5.41, 5.74) is 7.39. The van der Waals surface area contributed by atoms with Gasteiger partial charge in [-0.05, 0) is 147 Å². The van der Waals surface area contributed by atoms with Crippen LogP contribution in [0.15, 0.2) is 152 Å². The van der Waals surface area contributed by atoms with Crippen LogP contribution in [0.2, 0.25) is 0 Å². The minimum Gasteiger partial charge on any atom is -0.435 e. The Morgan fingerprint density at radius 1 is 0.607 bits per heavy atom. The second-order valence-electron chi connectivity index (χ2n) is 23.9. The third kappa shape index (κ3) is 12.5. The highest BCUT2D eigenvalue weighted by atomic mass is 19.3. The van der Waals surface area contributed by atoms with E-state index in [1.165, 1.54) is 18.2 Å². The van der Waals surface area contributed by atoms with E-state index in [4.69, 9.17) is 29.9 Å². The molecule has 0 spiro atoms. The molecule has 0 radical (unpaired) electrons. The maximum atomic E-state index is 14.3. The van der Waals surface area contributed by atoms with Gasteiger partial charge in [0, 0.05) is 47.3 Å². The van der Waals surface area contributed by atoms with E-state index in [0.29, 0.717) is 80.1 Å². The molecule has 0 aliphatic heterocycles. The summed E-state index contributed by atoms with van der Waals surface area (Å²) >= 11 is 0. The number of carbonyl (C=O) groups excluding carboxylic acids is 2. The maximum absolute atomic E-state index is 14.3. The number of carbonyl (C=O) groups is 2. The average molecular weight is 1210 g/mol. The fourth-order valence-electron chi connectivity index (χ4n) is 11.4. The van der Waals surface area contributed by atoms with Gasteiger partial charge in [0.05, 0.1) is 34.6 Å². The number of ether oxygens (including phenoxy) is 2. The summed E-state index contributed by atoms with van der Waals surface area (Å²) in [6, 6.07) is 40.2. The summed E-state index contributed by atoms with van der Waals surface area (Å²) in [5, 5.41) is 17.2. The third-order valence-electron chi connectivity index (χ3n) is 16.5. The van der Waals surface area contributed by atoms with Gasteiger partial charge in [-0.2, -0.15) is 27.8 Å². The van der Waals surface area contributed by atoms with Crippen LogP contribution in [-0.4, -0.2) is 136 Å². The zero-order valence-electron chi connectivity index (χ0n) is 50.2. The van der Waals surface area contributed by atoms with Crippen molar-refractivity contribution in [3.05, 3.63) is 180 Å². The molecule has 11 aromatic rings. The van der Waals surface area contributed by atoms with Crippen LogP contribution >= 0.6 is 0 Å². The van der Waals surface area contributed by atoms with Gasteiger partial charge in [0.1, 0.15) is 50.8 Å². The molecule has 6 aromatic heterocycles. The van der Waals surface area contributed by atoms with Gasteiger partial charge in [-0.25, -0.2) is 19.9 Å². The molecule has 22 heteroatoms. The number of fused-ring (bicyclic) bond motifs is 4. The summed E-state index contributed by atoms with van der Waals surface area (Å²) in [4.78, 5) is 53.8. The van der Waals surface area contributed by atoms with Crippen molar-refractivity contribution in [1.29, 1.82) is 0 Å². The number of hydrogen-bond acceptors (Lipinski definition) is 12. The van der Waals surface area contributed by atoms with Crippen LogP contribution in [0.25, 0.3) is 66.9 Å². The number of halogens is 4. The van der Waals surface area contributed by atoms with E-state index >= 15 is 0 Å². The SMILES string of the molecule is CN(C)CCCn1nc(-c2cnc3[nH]cc(C(=O)NC4(C)CC4)c3n2)c2cc(OC(F)F)ccc21.CN(C)CCCn1nc(-c2cnc3c(n2)c(C(=O)NC2(C)CC2)cn3C(c2ccccc2)(c2ccccc2)c2ccccc2)c2cc(OC(F)F)ccc21. The number of amides is 2. The Morgan fingerprint density at radius 3 is 1.48 bits per heavy atom. The van der Waals surface area contributed by atoms with Gasteiger partial charge in [-0.1, -0.05) is 91.0 Å². The van der Waals surface area contributed by atoms with Gasteiger partial charge in [-0.15, -0.1) is 0 Å². The molecule has 18 nitrogen and oxygen atoms in total. The van der Waals surface area contributed by atoms with Crippen molar-refractivity contribution >= 4 is 55.9 Å². The third-order valence-corrected chi connectivity index (χ3v) is 16.5. The van der Waals surface area contributed by atoms with E-state index in [-0.39, 0.29) is 34.4 Å². The van der Waals surface area contributed by atoms with Crippen LogP contribution in [-0.2, 0) is 18.6 Å². The van der Waals surface area contributed by atoms with E-state index in [2.05, 4.69) is 76.1 Å². The number of alkyl halides is 4. The number of aromatic amines is 1. The predicted molar refractivity (Wildman–Crippen MR) is 333 cm³/mol. The topological polar surface area (TPSA) is 191 Å². The average Bonchev–Trinajstić information content (AvgIpc) is 1.67. The van der Waals surface area contributed by atoms with Crippen LogP contribution in [0, 0.1) is 0 Å². The lowest BCUT2D eigenvalue weighted by Gasteiger charge is -2.38. The number of nitrogens with zero attached hydrogens (tertiary/aromatic N) is 11. The number of nitrogens with one attached hydrogen (secondary N) is 3. The molecule has 2 amide bonds. The summed E-state index contributed by atoms with van der Waals surface area (Å²) in [6.45, 7) is 1.07. The molecule has 0 saturated heterocycles. The molecule has 2 aliphatic rings. The summed E-state index contributed by atoms with van der Waals surface area (Å²) < 4.78 is 67.6. The molecule has 89 heavy (non-hydrogen) atoms. The molecule has 458 valence electrons. The Kier molecular flexibility index (Phi) is 16.5. The monoisotopic (exact) mass is 1210 g/mol. The Labute approximate surface area is 510 Å². The zero-order chi connectivity index (χ0) is 62.2. The van der Waals surface area contributed by atoms with Crippen molar-refractivity contribution in [1.82, 2.24) is 69.5 Å². The molecule has 2 aliphatic carbocycles. The van der Waals surface area contributed by atoms with Crippen molar-refractivity contribution in [3.8, 4) is 34.3 Å². The van der Waals surface area contributed by atoms with Crippen molar-refractivity contribution in [2.75, 3.05) is 41.3 Å². The Morgan fingerprint density at radius 2 is 1.04 bits per heavy atom. The first-order chi connectivity index (χ1) is 42.9. The van der Waals surface area contributed by atoms with E-state index in [1.807, 2.05) is 112 Å². The van der Waals surface area contributed by atoms with E-state index in [9.17, 15) is 27.2 Å². The lowest BCUT2D eigenvalue weighted by molar-refractivity contribution is -0.0504. The molecule has 3 N–H and O–H groups in total. The second-order valence-corrected chi connectivity index (χ2v) is 23.9. The van der Waals surface area contributed by atoms with E-state index in [0.717, 1.165) is 79.3 Å². The molecule has 5 aromatic carbocycles. The van der Waals surface area contributed by atoms with E-state index < -0.39 is 18.8 Å². The van der Waals surface area contributed by atoms with Crippen LogP contribution in [0.3, 0.4) is 0 Å². The van der Waals surface area contributed by atoms with Crippen molar-refractivity contribution in [2.45, 2.75) is 95.3 Å². The second kappa shape index (κ2) is 24.6. The Bertz CT molecular complexity index is 4250. The van der Waals surface area contributed by atoms with Gasteiger partial charge in [0.15, 0.2) is 11.3 Å². The molecule has 6 heterocycles. The quantitative estimate of drug-likeness (QED) is 0.0430. The lowest BCUT2D eigenvalue weighted by Crippen LogP contribution is -2.38. The smallest absolute Gasteiger partial charge is 0.387 e. The zero-order valence-corrected chi connectivity index (χ0v) is 50.2. The summed E-state index contributed by atoms with van der Waals surface area (Å²) in [5.74, 6) is -0.410. The maximum Gasteiger partial charge on any atom is 0.387 e. The number of H-pyrrole nitrogens is 1. The Hall–Kier alpha value is -9.54. The molecular weight excluding hydrogens is 1140 g/mol. The number of benzene rings is 5. The molecular formula is C67H68F4N14O4. The molecule has 2 saturated carbocycles. The summed E-state index contributed by atoms with van der Waals surface area (Å²) in [7, 11) is 8.02. The van der Waals surface area contributed by atoms with Gasteiger partial charge >= 0.3 is 13.2 Å². The fourth-order valence-corrected chi connectivity index (χ4v) is 11.4. The first-order valence-electron chi connectivity index (χ1n) is 29.6. The van der Waals surface area contributed by atoms with Crippen molar-refractivity contribution in [3.63, 3.8) is 0 Å². The highest BCUT2D eigenvalue weighted by Gasteiger charge is 2.44. The largest absolute Gasteiger partial charge is 0.435 e. The van der Waals surface area contributed by atoms with E-state index in [1.54, 1.807) is 36.8 Å².